The Morgan fingerprint density at radius 3 is 2.63 bits per heavy atom. The first-order valence-electron chi connectivity index (χ1n) is 8.47. The van der Waals surface area contributed by atoms with Crippen LogP contribution in [0.4, 0.5) is 5.82 Å². The van der Waals surface area contributed by atoms with Gasteiger partial charge in [-0.15, -0.1) is 0 Å². The van der Waals surface area contributed by atoms with Gasteiger partial charge in [-0.05, 0) is 36.1 Å². The van der Waals surface area contributed by atoms with Crippen molar-refractivity contribution >= 4 is 34.4 Å². The fourth-order valence-electron chi connectivity index (χ4n) is 3.17. The fraction of sp³-hybridized carbons (Fsp3) is 0.412. The molecule has 3 N–H and O–H groups in total. The zero-order valence-corrected chi connectivity index (χ0v) is 15.9. The molecule has 3 rings (SSSR count). The zero-order chi connectivity index (χ0) is 19.8. The summed E-state index contributed by atoms with van der Waals surface area (Å²) in [5, 5.41) is 28.6. The summed E-state index contributed by atoms with van der Waals surface area (Å²) in [5.74, 6) is 0.0875. The van der Waals surface area contributed by atoms with Crippen LogP contribution in [0.2, 0.25) is 0 Å². The van der Waals surface area contributed by atoms with Crippen molar-refractivity contribution in [2.45, 2.75) is 25.9 Å². The maximum atomic E-state index is 11.6. The summed E-state index contributed by atoms with van der Waals surface area (Å²) in [6.45, 7) is 3.05. The lowest BCUT2D eigenvalue weighted by molar-refractivity contribution is -0.305. The summed E-state index contributed by atoms with van der Waals surface area (Å²) in [6, 6.07) is 3.66. The third kappa shape index (κ3) is 3.80. The second-order valence-electron chi connectivity index (χ2n) is 6.25. The van der Waals surface area contributed by atoms with Gasteiger partial charge in [0.25, 0.3) is 0 Å². The van der Waals surface area contributed by atoms with Crippen LogP contribution in [0.1, 0.15) is 24.6 Å². The fourth-order valence-corrected chi connectivity index (χ4v) is 3.80. The second-order valence-corrected chi connectivity index (χ2v) is 7.61. The van der Waals surface area contributed by atoms with Crippen molar-refractivity contribution in [2.24, 2.45) is 0 Å². The van der Waals surface area contributed by atoms with Crippen LogP contribution in [-0.4, -0.2) is 65.1 Å². The first-order valence-corrected chi connectivity index (χ1v) is 9.98. The van der Waals surface area contributed by atoms with E-state index in [-0.39, 0.29) is 12.2 Å². The van der Waals surface area contributed by atoms with E-state index in [1.54, 1.807) is 22.9 Å². The molecule has 2 aromatic heterocycles. The van der Waals surface area contributed by atoms with Gasteiger partial charge in [-0.1, -0.05) is 13.0 Å². The van der Waals surface area contributed by atoms with E-state index < -0.39 is 17.1 Å². The summed E-state index contributed by atoms with van der Waals surface area (Å²) < 4.78 is 15.0. The van der Waals surface area contributed by atoms with Crippen LogP contribution < -0.4 is 4.90 Å². The maximum Gasteiger partial charge on any atom is 0.377 e. The number of anilines is 1. The SMILES string of the molecule is CCc1nc2ccc(C3=CCN(S(C)=O)CC3)cn2c1N(C=O)C(O)(O)O. The Hall–Kier alpha value is -2.11. The number of nitrogens with zero attached hydrogens (tertiary/aromatic N) is 4. The molecule has 1 unspecified atom stereocenters. The molecule has 0 saturated heterocycles. The summed E-state index contributed by atoms with van der Waals surface area (Å²) in [5.41, 5.74) is 2.87. The number of imidazole rings is 1. The molecule has 0 aliphatic carbocycles. The van der Waals surface area contributed by atoms with E-state index in [4.69, 9.17) is 0 Å². The molecular weight excluding hydrogens is 372 g/mol. The van der Waals surface area contributed by atoms with E-state index in [2.05, 4.69) is 4.98 Å². The molecule has 3 heterocycles. The van der Waals surface area contributed by atoms with Gasteiger partial charge < -0.3 is 15.3 Å². The normalized spacial score (nSPS) is 17.0. The minimum absolute atomic E-state index is 0.0875. The predicted molar refractivity (Wildman–Crippen MR) is 101 cm³/mol. The van der Waals surface area contributed by atoms with E-state index in [9.17, 15) is 24.3 Å². The Bertz CT molecular complexity index is 918. The lowest BCUT2D eigenvalue weighted by atomic mass is 10.0. The Kier molecular flexibility index (Phi) is 5.45. The smallest absolute Gasteiger partial charge is 0.325 e. The predicted octanol–water partition coefficient (Wildman–Crippen LogP) is -0.170. The minimum Gasteiger partial charge on any atom is -0.325 e. The summed E-state index contributed by atoms with van der Waals surface area (Å²) in [7, 11) is -1.02. The zero-order valence-electron chi connectivity index (χ0n) is 15.1. The number of aryl methyl sites for hydroxylation is 1. The van der Waals surface area contributed by atoms with Crippen LogP contribution in [-0.2, 0) is 22.2 Å². The lowest BCUT2D eigenvalue weighted by Gasteiger charge is -2.27. The molecular formula is C17H22N4O5S. The highest BCUT2D eigenvalue weighted by molar-refractivity contribution is 7.81. The molecule has 0 bridgehead atoms. The van der Waals surface area contributed by atoms with E-state index >= 15 is 0 Å². The van der Waals surface area contributed by atoms with Gasteiger partial charge in [0.1, 0.15) is 11.5 Å². The van der Waals surface area contributed by atoms with Gasteiger partial charge in [0.15, 0.2) is 0 Å². The molecule has 0 fully saturated rings. The van der Waals surface area contributed by atoms with E-state index in [0.29, 0.717) is 42.2 Å². The average molecular weight is 394 g/mol. The third-order valence-corrected chi connectivity index (χ3v) is 5.62. The van der Waals surface area contributed by atoms with Crippen molar-refractivity contribution in [3.63, 3.8) is 0 Å². The molecule has 27 heavy (non-hydrogen) atoms. The molecule has 2 aromatic rings. The van der Waals surface area contributed by atoms with E-state index in [0.717, 1.165) is 11.1 Å². The van der Waals surface area contributed by atoms with Gasteiger partial charge in [0.05, 0.1) is 16.7 Å². The topological polar surface area (TPSA) is 119 Å². The molecule has 1 amide bonds. The Morgan fingerprint density at radius 1 is 1.37 bits per heavy atom. The minimum atomic E-state index is -3.34. The lowest BCUT2D eigenvalue weighted by Crippen LogP contribution is -2.49. The van der Waals surface area contributed by atoms with Gasteiger partial charge in [-0.3, -0.25) is 9.20 Å². The highest BCUT2D eigenvalue weighted by Gasteiger charge is 2.34. The Morgan fingerprint density at radius 2 is 2.11 bits per heavy atom. The third-order valence-electron chi connectivity index (χ3n) is 4.56. The van der Waals surface area contributed by atoms with Gasteiger partial charge >= 0.3 is 6.10 Å². The molecule has 1 atom stereocenters. The van der Waals surface area contributed by atoms with Crippen molar-refractivity contribution in [3.8, 4) is 0 Å². The second kappa shape index (κ2) is 7.49. The molecule has 10 heteroatoms. The number of amides is 1. The number of aliphatic hydroxyl groups is 3. The van der Waals surface area contributed by atoms with E-state index in [1.807, 2.05) is 23.4 Å². The number of fused-ring (bicyclic) bond motifs is 1. The number of carbonyl (C=O) groups is 1. The molecule has 0 radical (unpaired) electrons. The highest BCUT2D eigenvalue weighted by atomic mass is 32.2. The van der Waals surface area contributed by atoms with Crippen LogP contribution in [0.5, 0.6) is 0 Å². The first kappa shape index (κ1) is 19.6. The van der Waals surface area contributed by atoms with Crippen LogP contribution in [0.3, 0.4) is 0 Å². The van der Waals surface area contributed by atoms with Crippen molar-refractivity contribution < 1.29 is 24.3 Å². The van der Waals surface area contributed by atoms with Crippen LogP contribution in [0, 0.1) is 0 Å². The van der Waals surface area contributed by atoms with Crippen molar-refractivity contribution in [2.75, 3.05) is 24.2 Å². The molecule has 146 valence electrons. The molecule has 0 aromatic carbocycles. The van der Waals surface area contributed by atoms with Crippen molar-refractivity contribution in [1.29, 1.82) is 0 Å². The maximum absolute atomic E-state index is 11.6. The van der Waals surface area contributed by atoms with Gasteiger partial charge in [-0.2, -0.15) is 0 Å². The molecule has 1 aliphatic heterocycles. The monoisotopic (exact) mass is 394 g/mol. The van der Waals surface area contributed by atoms with Crippen LogP contribution in [0.15, 0.2) is 24.4 Å². The number of pyridine rings is 1. The van der Waals surface area contributed by atoms with E-state index in [1.165, 1.54) is 0 Å². The van der Waals surface area contributed by atoms with Gasteiger partial charge in [0, 0.05) is 25.5 Å². The number of hydrogen-bond donors (Lipinski definition) is 3. The van der Waals surface area contributed by atoms with Crippen molar-refractivity contribution in [1.82, 2.24) is 13.7 Å². The number of rotatable bonds is 6. The molecule has 9 nitrogen and oxygen atoms in total. The average Bonchev–Trinajstić information content (AvgIpc) is 2.99. The van der Waals surface area contributed by atoms with Crippen LogP contribution >= 0.6 is 0 Å². The Labute approximate surface area is 158 Å². The highest BCUT2D eigenvalue weighted by Crippen LogP contribution is 2.29. The standard InChI is InChI=1S/C17H22N4O5S/c1-3-14-16(21(11-22)17(23,24)25)20-10-13(4-5-15(20)18-14)12-6-8-19(9-7-12)27(2)26/h4-6,10-11,23-25H,3,7-9H2,1-2H3. The number of aromatic nitrogens is 2. The number of carbonyl (C=O) groups excluding carboxylic acids is 1. The summed E-state index contributed by atoms with van der Waals surface area (Å²) in [6.07, 6.45) is 3.31. The van der Waals surface area contributed by atoms with Crippen LogP contribution in [0.25, 0.3) is 11.2 Å². The summed E-state index contributed by atoms with van der Waals surface area (Å²) in [4.78, 5) is 16.2. The molecule has 1 aliphatic rings. The van der Waals surface area contributed by atoms with Gasteiger partial charge in [0.2, 0.25) is 6.41 Å². The largest absolute Gasteiger partial charge is 0.377 e. The first-order chi connectivity index (χ1) is 12.8. The molecule has 0 spiro atoms. The Balaban J connectivity index is 2.08. The number of hydrogen-bond acceptors (Lipinski definition) is 6. The molecule has 0 saturated carbocycles. The van der Waals surface area contributed by atoms with Crippen molar-refractivity contribution in [3.05, 3.63) is 35.7 Å². The van der Waals surface area contributed by atoms with Gasteiger partial charge in [-0.25, -0.2) is 18.4 Å². The summed E-state index contributed by atoms with van der Waals surface area (Å²) >= 11 is 0. The quantitative estimate of drug-likeness (QED) is 0.462.